The third-order valence-corrected chi connectivity index (χ3v) is 3.73. The van der Waals surface area contributed by atoms with Gasteiger partial charge in [0.15, 0.2) is 6.61 Å². The van der Waals surface area contributed by atoms with Gasteiger partial charge in [-0.25, -0.2) is 4.79 Å². The van der Waals surface area contributed by atoms with E-state index in [-0.39, 0.29) is 11.3 Å². The van der Waals surface area contributed by atoms with Crippen molar-refractivity contribution in [2.24, 2.45) is 0 Å². The number of alkyl halides is 2. The van der Waals surface area contributed by atoms with E-state index in [9.17, 15) is 18.4 Å². The molecule has 1 amide bonds. The summed E-state index contributed by atoms with van der Waals surface area (Å²) in [7, 11) is 0. The third kappa shape index (κ3) is 4.28. The Morgan fingerprint density at radius 3 is 2.77 bits per heavy atom. The molecule has 1 heterocycles. The number of hydrogen-bond donors (Lipinski definition) is 1. The van der Waals surface area contributed by atoms with E-state index in [1.165, 1.54) is 18.2 Å². The molecular weight excluding hydrogens is 368 g/mol. The minimum atomic E-state index is -3.00. The summed E-state index contributed by atoms with van der Waals surface area (Å²) in [4.78, 5) is 23.9. The molecule has 0 spiro atoms. The number of carbonyl (C=O) groups is 2. The van der Waals surface area contributed by atoms with Crippen molar-refractivity contribution in [3.63, 3.8) is 0 Å². The van der Waals surface area contributed by atoms with E-state index in [1.54, 1.807) is 18.2 Å². The van der Waals surface area contributed by atoms with E-state index >= 15 is 0 Å². The van der Waals surface area contributed by atoms with Gasteiger partial charge in [-0.05, 0) is 30.3 Å². The first-order valence-corrected chi connectivity index (χ1v) is 7.99. The van der Waals surface area contributed by atoms with E-state index in [2.05, 4.69) is 18.8 Å². The van der Waals surface area contributed by atoms with Crippen molar-refractivity contribution in [3.8, 4) is 5.75 Å². The molecule has 7 nitrogen and oxygen atoms in total. The van der Waals surface area contributed by atoms with E-state index < -0.39 is 25.1 Å². The number of nitrogens with zero attached hydrogens (tertiary/aromatic N) is 2. The van der Waals surface area contributed by atoms with Gasteiger partial charge >= 0.3 is 12.6 Å². The van der Waals surface area contributed by atoms with E-state index in [1.807, 2.05) is 0 Å². The first-order valence-electron chi connectivity index (χ1n) is 7.26. The van der Waals surface area contributed by atoms with Crippen LogP contribution in [0.1, 0.15) is 10.4 Å². The van der Waals surface area contributed by atoms with Gasteiger partial charge in [-0.15, -0.1) is 0 Å². The zero-order chi connectivity index (χ0) is 18.5. The highest BCUT2D eigenvalue weighted by molar-refractivity contribution is 7.00. The predicted octanol–water partition coefficient (Wildman–Crippen LogP) is 3.09. The molecule has 10 heteroatoms. The molecule has 0 unspecified atom stereocenters. The van der Waals surface area contributed by atoms with E-state index in [0.717, 1.165) is 17.8 Å². The smallest absolute Gasteiger partial charge is 0.387 e. The SMILES string of the molecule is O=C(COC(=O)c1cccc(OC(F)F)c1)Nc1cccc2nsnc12. The Balaban J connectivity index is 1.59. The van der Waals surface area contributed by atoms with Crippen LogP contribution in [0.3, 0.4) is 0 Å². The van der Waals surface area contributed by atoms with Crippen LogP contribution in [0.4, 0.5) is 14.5 Å². The lowest BCUT2D eigenvalue weighted by atomic mass is 10.2. The molecule has 0 aliphatic carbocycles. The number of ether oxygens (including phenoxy) is 2. The molecule has 3 rings (SSSR count). The number of rotatable bonds is 6. The fraction of sp³-hybridized carbons (Fsp3) is 0.125. The molecule has 2 aromatic carbocycles. The second-order valence-electron chi connectivity index (χ2n) is 4.97. The number of aromatic nitrogens is 2. The van der Waals surface area contributed by atoms with E-state index in [4.69, 9.17) is 4.74 Å². The molecule has 134 valence electrons. The zero-order valence-electron chi connectivity index (χ0n) is 13.0. The number of hydrogen-bond acceptors (Lipinski definition) is 7. The third-order valence-electron chi connectivity index (χ3n) is 3.19. The number of halogens is 2. The molecule has 0 radical (unpaired) electrons. The van der Waals surface area contributed by atoms with Crippen molar-refractivity contribution in [1.29, 1.82) is 0 Å². The van der Waals surface area contributed by atoms with Crippen LogP contribution in [0, 0.1) is 0 Å². The highest BCUT2D eigenvalue weighted by atomic mass is 32.1. The minimum absolute atomic E-state index is 0.0123. The van der Waals surface area contributed by atoms with Crippen LogP contribution in [0.15, 0.2) is 42.5 Å². The van der Waals surface area contributed by atoms with Gasteiger partial charge in [-0.2, -0.15) is 17.5 Å². The average Bonchev–Trinajstić information content (AvgIpc) is 3.09. The minimum Gasteiger partial charge on any atom is -0.452 e. The van der Waals surface area contributed by atoms with Crippen LogP contribution >= 0.6 is 11.7 Å². The van der Waals surface area contributed by atoms with Gasteiger partial charge in [0, 0.05) is 0 Å². The summed E-state index contributed by atoms with van der Waals surface area (Å²) in [6.45, 7) is -3.55. The lowest BCUT2D eigenvalue weighted by molar-refractivity contribution is -0.119. The van der Waals surface area contributed by atoms with Gasteiger partial charge in [-0.3, -0.25) is 4.79 Å². The number of anilines is 1. The van der Waals surface area contributed by atoms with Gasteiger partial charge < -0.3 is 14.8 Å². The maximum Gasteiger partial charge on any atom is 0.387 e. The van der Waals surface area contributed by atoms with Crippen molar-refractivity contribution in [3.05, 3.63) is 48.0 Å². The van der Waals surface area contributed by atoms with Gasteiger partial charge in [0.05, 0.1) is 23.0 Å². The van der Waals surface area contributed by atoms with Crippen molar-refractivity contribution in [2.75, 3.05) is 11.9 Å². The molecule has 0 aliphatic rings. The Kier molecular flexibility index (Phi) is 5.32. The molecule has 0 saturated carbocycles. The molecule has 1 N–H and O–H groups in total. The molecule has 0 fully saturated rings. The van der Waals surface area contributed by atoms with Crippen LogP contribution in [-0.2, 0) is 9.53 Å². The Labute approximate surface area is 149 Å². The van der Waals surface area contributed by atoms with Crippen LogP contribution in [0.5, 0.6) is 5.75 Å². The molecule has 0 aliphatic heterocycles. The summed E-state index contributed by atoms with van der Waals surface area (Å²) in [6.07, 6.45) is 0. The maximum atomic E-state index is 12.2. The quantitative estimate of drug-likeness (QED) is 0.662. The molecular formula is C16H11F2N3O4S. The maximum absolute atomic E-state index is 12.2. The Morgan fingerprint density at radius 1 is 1.15 bits per heavy atom. The summed E-state index contributed by atoms with van der Waals surface area (Å²) in [5.74, 6) is -1.59. The highest BCUT2D eigenvalue weighted by Gasteiger charge is 2.14. The number of benzene rings is 2. The lowest BCUT2D eigenvalue weighted by Gasteiger charge is -2.08. The second kappa shape index (κ2) is 7.83. The standard InChI is InChI=1S/C16H11F2N3O4S/c17-16(18)25-10-4-1-3-9(7-10)15(23)24-8-13(22)19-11-5-2-6-12-14(11)21-26-20-12/h1-7,16H,8H2,(H,19,22). The second-order valence-corrected chi connectivity index (χ2v) is 5.50. The van der Waals surface area contributed by atoms with Crippen LogP contribution in [0.25, 0.3) is 11.0 Å². The van der Waals surface area contributed by atoms with E-state index in [0.29, 0.717) is 16.7 Å². The molecule has 1 aromatic heterocycles. The molecule has 0 atom stereocenters. The Bertz CT molecular complexity index is 948. The Morgan fingerprint density at radius 2 is 1.96 bits per heavy atom. The van der Waals surface area contributed by atoms with Crippen LogP contribution < -0.4 is 10.1 Å². The summed E-state index contributed by atoms with van der Waals surface area (Å²) in [5.41, 5.74) is 1.61. The summed E-state index contributed by atoms with van der Waals surface area (Å²) in [5, 5.41) is 2.58. The first kappa shape index (κ1) is 17.7. The molecule has 0 saturated heterocycles. The number of amides is 1. The molecule has 26 heavy (non-hydrogen) atoms. The number of nitrogens with one attached hydrogen (secondary N) is 1. The average molecular weight is 379 g/mol. The molecule has 0 bridgehead atoms. The number of carbonyl (C=O) groups excluding carboxylic acids is 2. The zero-order valence-corrected chi connectivity index (χ0v) is 13.8. The van der Waals surface area contributed by atoms with Gasteiger partial charge in [-0.1, -0.05) is 12.1 Å². The van der Waals surface area contributed by atoms with Crippen molar-refractivity contribution >= 4 is 40.3 Å². The van der Waals surface area contributed by atoms with Crippen molar-refractivity contribution < 1.29 is 27.8 Å². The summed E-state index contributed by atoms with van der Waals surface area (Å²) < 4.78 is 41.6. The van der Waals surface area contributed by atoms with Gasteiger partial charge in [0.25, 0.3) is 5.91 Å². The first-order chi connectivity index (χ1) is 12.5. The fourth-order valence-corrected chi connectivity index (χ4v) is 2.66. The topological polar surface area (TPSA) is 90.4 Å². The fourth-order valence-electron chi connectivity index (χ4n) is 2.11. The Hall–Kier alpha value is -3.14. The van der Waals surface area contributed by atoms with Gasteiger partial charge in [0.2, 0.25) is 0 Å². The highest BCUT2D eigenvalue weighted by Crippen LogP contribution is 2.21. The van der Waals surface area contributed by atoms with Crippen molar-refractivity contribution in [1.82, 2.24) is 8.75 Å². The largest absolute Gasteiger partial charge is 0.452 e. The van der Waals surface area contributed by atoms with Crippen LogP contribution in [0.2, 0.25) is 0 Å². The number of fused-ring (bicyclic) bond motifs is 1. The number of esters is 1. The lowest BCUT2D eigenvalue weighted by Crippen LogP contribution is -2.21. The van der Waals surface area contributed by atoms with Crippen LogP contribution in [-0.4, -0.2) is 33.8 Å². The predicted molar refractivity (Wildman–Crippen MR) is 89.4 cm³/mol. The monoisotopic (exact) mass is 379 g/mol. The van der Waals surface area contributed by atoms with Crippen molar-refractivity contribution in [2.45, 2.75) is 6.61 Å². The summed E-state index contributed by atoms with van der Waals surface area (Å²) in [6, 6.07) is 10.2. The van der Waals surface area contributed by atoms with Gasteiger partial charge in [0.1, 0.15) is 16.8 Å². The summed E-state index contributed by atoms with van der Waals surface area (Å²) >= 11 is 1.01. The normalized spacial score (nSPS) is 10.7. The molecule has 3 aromatic rings.